The van der Waals surface area contributed by atoms with Gasteiger partial charge < -0.3 is 39.2 Å². The van der Waals surface area contributed by atoms with E-state index in [0.717, 1.165) is 0 Å². The smallest absolute Gasteiger partial charge is 0.313 e. The van der Waals surface area contributed by atoms with Crippen molar-refractivity contribution in [3.63, 3.8) is 0 Å². The number of likely N-dealkylation sites (tertiary alicyclic amines) is 1. The highest BCUT2D eigenvalue weighted by Gasteiger charge is 2.72. The second-order valence-corrected chi connectivity index (χ2v) is 12.7. The van der Waals surface area contributed by atoms with Crippen LogP contribution in [0.2, 0.25) is 0 Å². The maximum absolute atomic E-state index is 14.7. The molecule has 2 fully saturated rings. The number of hydrogen-bond donors (Lipinski definition) is 2. The molecule has 6 rings (SSSR count). The summed E-state index contributed by atoms with van der Waals surface area (Å²) in [4.78, 5) is 60.0. The van der Waals surface area contributed by atoms with Gasteiger partial charge in [0, 0.05) is 25.8 Å². The number of carbonyl (C=O) groups is 4. The second-order valence-electron chi connectivity index (χ2n) is 12.7. The summed E-state index contributed by atoms with van der Waals surface area (Å²) in [6.45, 7) is 1.70. The number of rotatable bonds is 8. The van der Waals surface area contributed by atoms with E-state index in [9.17, 15) is 24.3 Å². The Hall–Kier alpha value is -4.52. The number of benzene rings is 2. The molecular weight excluding hydrogens is 630 g/mol. The molecule has 2 saturated heterocycles. The van der Waals surface area contributed by atoms with E-state index in [4.69, 9.17) is 18.9 Å². The van der Waals surface area contributed by atoms with Gasteiger partial charge in [-0.25, -0.2) is 0 Å². The summed E-state index contributed by atoms with van der Waals surface area (Å²) in [7, 11) is 3.06. The maximum atomic E-state index is 14.7. The number of hydrogen-bond acceptors (Lipinski definition) is 9. The van der Waals surface area contributed by atoms with Crippen molar-refractivity contribution in [2.24, 2.45) is 11.8 Å². The third kappa shape index (κ3) is 6.24. The molecule has 4 aliphatic heterocycles. The SMILES string of the molecule is CC[C@@H](CO)N1C(=O)[C@@H]2[C@H]3C(=O)O[C@H](c4ccccc4)[C@@H](COC)NC(=O)CC/C=C\[C@H]3O[C@@]23C=CCN(c2ccc(OC)cc2)C(=O)[C@@H]13. The highest BCUT2D eigenvalue weighted by atomic mass is 16.6. The minimum absolute atomic E-state index is 0.0638. The Morgan fingerprint density at radius 1 is 1.02 bits per heavy atom. The first-order valence-corrected chi connectivity index (χ1v) is 16.7. The average Bonchev–Trinajstić information content (AvgIpc) is 3.50. The number of aliphatic hydroxyl groups excluding tert-OH is 1. The second kappa shape index (κ2) is 14.5. The number of nitrogens with zero attached hydrogens (tertiary/aromatic N) is 2. The lowest BCUT2D eigenvalue weighted by Crippen LogP contribution is -2.58. The predicted molar refractivity (Wildman–Crippen MR) is 178 cm³/mol. The minimum Gasteiger partial charge on any atom is -0.497 e. The van der Waals surface area contributed by atoms with Gasteiger partial charge in [0.25, 0.3) is 5.91 Å². The predicted octanol–water partition coefficient (Wildman–Crippen LogP) is 2.72. The van der Waals surface area contributed by atoms with Crippen molar-refractivity contribution >= 4 is 29.4 Å². The van der Waals surface area contributed by atoms with Crippen LogP contribution in [0.5, 0.6) is 5.75 Å². The molecule has 0 unspecified atom stereocenters. The summed E-state index contributed by atoms with van der Waals surface area (Å²) in [5.41, 5.74) is -0.311. The van der Waals surface area contributed by atoms with Gasteiger partial charge in [0.15, 0.2) is 0 Å². The first-order valence-electron chi connectivity index (χ1n) is 16.7. The van der Waals surface area contributed by atoms with Crippen LogP contribution in [-0.2, 0) is 33.4 Å². The number of anilines is 1. The number of esters is 1. The Balaban J connectivity index is 1.46. The van der Waals surface area contributed by atoms with Gasteiger partial charge in [-0.2, -0.15) is 0 Å². The van der Waals surface area contributed by atoms with Crippen molar-refractivity contribution in [1.29, 1.82) is 0 Å². The molecule has 0 bridgehead atoms. The van der Waals surface area contributed by atoms with Crippen molar-refractivity contribution in [3.05, 3.63) is 84.5 Å². The number of fused-ring (bicyclic) bond motifs is 2. The van der Waals surface area contributed by atoms with Gasteiger partial charge in [0.05, 0.1) is 44.4 Å². The van der Waals surface area contributed by atoms with Crippen LogP contribution in [0.25, 0.3) is 0 Å². The molecule has 49 heavy (non-hydrogen) atoms. The molecule has 12 heteroatoms. The average molecular weight is 674 g/mol. The van der Waals surface area contributed by atoms with E-state index in [2.05, 4.69) is 5.32 Å². The van der Waals surface area contributed by atoms with Gasteiger partial charge in [-0.3, -0.25) is 19.2 Å². The van der Waals surface area contributed by atoms with Crippen molar-refractivity contribution in [2.75, 3.05) is 38.9 Å². The molecule has 2 aromatic carbocycles. The molecule has 2 aromatic rings. The molecular formula is C37H43N3O9. The van der Waals surface area contributed by atoms with E-state index in [0.29, 0.717) is 29.8 Å². The summed E-state index contributed by atoms with van der Waals surface area (Å²) in [6, 6.07) is 13.5. The zero-order valence-electron chi connectivity index (χ0n) is 27.9. The first kappa shape index (κ1) is 34.3. The fourth-order valence-electron chi connectivity index (χ4n) is 7.63. The molecule has 260 valence electrons. The van der Waals surface area contributed by atoms with Gasteiger partial charge >= 0.3 is 5.97 Å². The van der Waals surface area contributed by atoms with Gasteiger partial charge in [0.1, 0.15) is 29.4 Å². The summed E-state index contributed by atoms with van der Waals surface area (Å²) < 4.78 is 23.8. The molecule has 0 radical (unpaired) electrons. The number of aliphatic hydroxyl groups is 1. The molecule has 8 atom stereocenters. The molecule has 0 aromatic heterocycles. The number of methoxy groups -OCH3 is 2. The van der Waals surface area contributed by atoms with Gasteiger partial charge in [-0.1, -0.05) is 61.6 Å². The van der Waals surface area contributed by atoms with Crippen molar-refractivity contribution in [1.82, 2.24) is 10.2 Å². The summed E-state index contributed by atoms with van der Waals surface area (Å²) in [5.74, 6) is -3.45. The first-order chi connectivity index (χ1) is 23.8. The number of carbonyl (C=O) groups excluding carboxylic acids is 4. The van der Waals surface area contributed by atoms with Gasteiger partial charge in [-0.05, 0) is 42.7 Å². The standard InChI is InChI=1S/C37H43N3O9/c1-4-24(21-41)40-33-35(44)39(25-15-17-26(47-3)18-16-25)20-10-19-37(33)31(34(40)43)30-28(49-37)13-8-9-14-29(42)38-27(22-46-2)32(48-36(30)45)23-11-6-5-7-12-23/h5-8,10-13,15-19,24,27-28,30-33,41H,4,9,14,20-22H2,1-3H3,(H,38,42)/b13-8-/t24-,27+,28+,30-,31-,32+,33+,37-/m0/s1. The lowest BCUT2D eigenvalue weighted by molar-refractivity contribution is -0.162. The highest BCUT2D eigenvalue weighted by molar-refractivity contribution is 6.05. The van der Waals surface area contributed by atoms with E-state index in [-0.39, 0.29) is 32.1 Å². The molecule has 0 aliphatic carbocycles. The number of allylic oxidation sites excluding steroid dienone is 1. The molecule has 4 aliphatic rings. The molecule has 3 amide bonds. The lowest BCUT2D eigenvalue weighted by atomic mass is 9.77. The number of amides is 3. The van der Waals surface area contributed by atoms with Crippen LogP contribution in [0.15, 0.2) is 78.9 Å². The monoisotopic (exact) mass is 673 g/mol. The Bertz CT molecular complexity index is 1590. The van der Waals surface area contributed by atoms with Gasteiger partial charge in [0.2, 0.25) is 11.8 Å². The van der Waals surface area contributed by atoms with Crippen molar-refractivity contribution in [2.45, 2.75) is 62.1 Å². The maximum Gasteiger partial charge on any atom is 0.313 e. The molecule has 2 N–H and O–H groups in total. The lowest BCUT2D eigenvalue weighted by Gasteiger charge is -2.38. The summed E-state index contributed by atoms with van der Waals surface area (Å²) >= 11 is 0. The van der Waals surface area contributed by atoms with Crippen LogP contribution >= 0.6 is 0 Å². The van der Waals surface area contributed by atoms with Crippen molar-refractivity contribution in [3.8, 4) is 5.75 Å². The van der Waals surface area contributed by atoms with Gasteiger partial charge in [-0.15, -0.1) is 0 Å². The van der Waals surface area contributed by atoms with E-state index >= 15 is 0 Å². The third-order valence-corrected chi connectivity index (χ3v) is 9.96. The molecule has 0 saturated carbocycles. The summed E-state index contributed by atoms with van der Waals surface area (Å²) in [6.07, 6.45) is 5.99. The van der Waals surface area contributed by atoms with Crippen LogP contribution in [0, 0.1) is 11.8 Å². The zero-order chi connectivity index (χ0) is 34.7. The number of nitrogens with one attached hydrogen (secondary N) is 1. The number of ether oxygens (including phenoxy) is 4. The highest BCUT2D eigenvalue weighted by Crippen LogP contribution is 2.54. The topological polar surface area (TPSA) is 144 Å². The van der Waals surface area contributed by atoms with Crippen LogP contribution in [-0.4, -0.2) is 97.5 Å². The summed E-state index contributed by atoms with van der Waals surface area (Å²) in [5, 5.41) is 13.4. The molecule has 1 spiro atoms. The van der Waals surface area contributed by atoms with E-state index in [1.165, 1.54) is 12.0 Å². The van der Waals surface area contributed by atoms with E-state index in [1.54, 1.807) is 72.7 Å². The van der Waals surface area contributed by atoms with E-state index < -0.39 is 65.6 Å². The van der Waals surface area contributed by atoms with Crippen LogP contribution < -0.4 is 15.0 Å². The Morgan fingerprint density at radius 2 is 1.78 bits per heavy atom. The van der Waals surface area contributed by atoms with Crippen molar-refractivity contribution < 1.29 is 43.2 Å². The Morgan fingerprint density at radius 3 is 2.45 bits per heavy atom. The quantitative estimate of drug-likeness (QED) is 0.319. The molecule has 4 heterocycles. The minimum atomic E-state index is -1.54. The normalized spacial score (nSPS) is 31.3. The van der Waals surface area contributed by atoms with E-state index in [1.807, 2.05) is 25.1 Å². The fourth-order valence-corrected chi connectivity index (χ4v) is 7.63. The van der Waals surface area contributed by atoms with Crippen LogP contribution in [0.3, 0.4) is 0 Å². The Kier molecular flexibility index (Phi) is 10.2. The molecule has 12 nitrogen and oxygen atoms in total. The van der Waals surface area contributed by atoms with Crippen LogP contribution in [0.4, 0.5) is 5.69 Å². The zero-order valence-corrected chi connectivity index (χ0v) is 27.9. The Labute approximate surface area is 285 Å². The largest absolute Gasteiger partial charge is 0.497 e. The van der Waals surface area contributed by atoms with Crippen LogP contribution in [0.1, 0.15) is 37.9 Å². The number of cyclic esters (lactones) is 1. The third-order valence-electron chi connectivity index (χ3n) is 9.96. The fraction of sp³-hybridized carbons (Fsp3) is 0.459.